The van der Waals surface area contributed by atoms with Crippen molar-refractivity contribution in [1.29, 1.82) is 0 Å². The normalized spacial score (nSPS) is 11.6. The topological polar surface area (TPSA) is 9.86 Å². The molecule has 0 unspecified atom stereocenters. The third kappa shape index (κ3) is 3.75. The Morgan fingerprint density at radius 2 is 0.886 bits per heavy atom. The van der Waals surface area contributed by atoms with E-state index < -0.39 is 0 Å². The molecule has 44 heavy (non-hydrogen) atoms. The summed E-state index contributed by atoms with van der Waals surface area (Å²) in [4.78, 5) is 0. The van der Waals surface area contributed by atoms with Crippen molar-refractivity contribution in [2.75, 3.05) is 0 Å². The molecule has 9 rings (SSSR count). The summed E-state index contributed by atoms with van der Waals surface area (Å²) in [5.74, 6) is 0. The molecule has 2 nitrogen and oxygen atoms in total. The van der Waals surface area contributed by atoms with Gasteiger partial charge in [-0.15, -0.1) is 0 Å². The quantitative estimate of drug-likeness (QED) is 0.203. The summed E-state index contributed by atoms with van der Waals surface area (Å²) < 4.78 is 4.90. The number of aromatic nitrogens is 2. The summed E-state index contributed by atoms with van der Waals surface area (Å²) in [7, 11) is 0. The van der Waals surface area contributed by atoms with Crippen LogP contribution in [-0.2, 0) is 0 Å². The molecule has 2 heterocycles. The van der Waals surface area contributed by atoms with Crippen LogP contribution >= 0.6 is 0 Å². The van der Waals surface area contributed by atoms with Gasteiger partial charge in [-0.1, -0.05) is 127 Å². The fourth-order valence-corrected chi connectivity index (χ4v) is 6.95. The number of hydrogen-bond donors (Lipinski definition) is 0. The highest BCUT2D eigenvalue weighted by Crippen LogP contribution is 2.43. The number of rotatable bonds is 4. The highest BCUT2D eigenvalue weighted by Gasteiger charge is 2.21. The maximum absolute atomic E-state index is 2.47. The van der Waals surface area contributed by atoms with E-state index in [1.54, 1.807) is 0 Å². The molecule has 0 aliphatic heterocycles. The largest absolute Gasteiger partial charge is 0.309 e. The molecule has 0 saturated carbocycles. The maximum Gasteiger partial charge on any atom is 0.0641 e. The van der Waals surface area contributed by atoms with Crippen LogP contribution in [-0.4, -0.2) is 9.13 Å². The van der Waals surface area contributed by atoms with Crippen LogP contribution in [0.1, 0.15) is 0 Å². The predicted octanol–water partition coefficient (Wildman–Crippen LogP) is 11.2. The predicted molar refractivity (Wildman–Crippen MR) is 186 cm³/mol. The van der Waals surface area contributed by atoms with Gasteiger partial charge in [0, 0.05) is 32.9 Å². The van der Waals surface area contributed by atoms with Gasteiger partial charge in [0.25, 0.3) is 0 Å². The Morgan fingerprint density at radius 3 is 1.64 bits per heavy atom. The van der Waals surface area contributed by atoms with Gasteiger partial charge in [0.1, 0.15) is 0 Å². The Morgan fingerprint density at radius 1 is 0.295 bits per heavy atom. The van der Waals surface area contributed by atoms with Crippen LogP contribution in [0.4, 0.5) is 0 Å². The van der Waals surface area contributed by atoms with Crippen LogP contribution in [0.25, 0.3) is 77.2 Å². The molecule has 2 aromatic heterocycles. The molecule has 0 radical (unpaired) electrons. The molecule has 0 fully saturated rings. The molecule has 0 aliphatic rings. The Bertz CT molecular complexity index is 2470. The molecule has 0 N–H and O–H groups in total. The van der Waals surface area contributed by atoms with Crippen LogP contribution < -0.4 is 0 Å². The van der Waals surface area contributed by atoms with Gasteiger partial charge in [-0.2, -0.15) is 0 Å². The van der Waals surface area contributed by atoms with Crippen LogP contribution in [0.5, 0.6) is 0 Å². The lowest BCUT2D eigenvalue weighted by atomic mass is 10.0. The Balaban J connectivity index is 1.41. The fraction of sp³-hybridized carbons (Fsp3) is 0. The monoisotopic (exact) mass is 560 g/mol. The van der Waals surface area contributed by atoms with Crippen molar-refractivity contribution in [2.24, 2.45) is 0 Å². The van der Waals surface area contributed by atoms with Crippen LogP contribution in [0.2, 0.25) is 0 Å². The first-order valence-corrected chi connectivity index (χ1v) is 15.1. The third-order valence-corrected chi connectivity index (χ3v) is 8.90. The van der Waals surface area contributed by atoms with Gasteiger partial charge in [0.05, 0.1) is 22.1 Å². The standard InChI is InChI=1S/C42H28N2/c1-4-13-29(14-5-1)31-17-12-20-34(27-31)43-38-22-11-10-21-37(38)41-39(43)26-25-36-35-24-23-32(30-15-6-2-7-16-30)28-40(35)44(42(36)41)33-18-8-3-9-19-33/h1-28H. The van der Waals surface area contributed by atoms with E-state index in [1.165, 1.54) is 65.9 Å². The van der Waals surface area contributed by atoms with E-state index in [0.29, 0.717) is 0 Å². The van der Waals surface area contributed by atoms with Crippen molar-refractivity contribution >= 4 is 43.6 Å². The van der Waals surface area contributed by atoms with E-state index in [9.17, 15) is 0 Å². The molecule has 206 valence electrons. The second kappa shape index (κ2) is 9.86. The first-order valence-electron chi connectivity index (χ1n) is 15.1. The highest BCUT2D eigenvalue weighted by molar-refractivity contribution is 6.26. The molecule has 0 spiro atoms. The van der Waals surface area contributed by atoms with Gasteiger partial charge in [0.2, 0.25) is 0 Å². The minimum absolute atomic E-state index is 1.16. The average Bonchev–Trinajstić information content (AvgIpc) is 3.62. The minimum Gasteiger partial charge on any atom is -0.309 e. The zero-order valence-corrected chi connectivity index (χ0v) is 24.1. The van der Waals surface area contributed by atoms with Crippen molar-refractivity contribution in [1.82, 2.24) is 9.13 Å². The van der Waals surface area contributed by atoms with Crippen molar-refractivity contribution in [3.8, 4) is 33.6 Å². The van der Waals surface area contributed by atoms with E-state index in [4.69, 9.17) is 0 Å². The number of fused-ring (bicyclic) bond motifs is 7. The molecule has 0 bridgehead atoms. The molecule has 0 saturated heterocycles. The molecule has 2 heteroatoms. The van der Waals surface area contributed by atoms with Crippen LogP contribution in [0.3, 0.4) is 0 Å². The average molecular weight is 561 g/mol. The number of benzene rings is 7. The molecule has 0 atom stereocenters. The van der Waals surface area contributed by atoms with E-state index >= 15 is 0 Å². The van der Waals surface area contributed by atoms with Crippen LogP contribution in [0, 0.1) is 0 Å². The Hall–Kier alpha value is -5.86. The number of para-hydroxylation sites is 2. The zero-order valence-electron chi connectivity index (χ0n) is 24.1. The molecule has 0 aliphatic carbocycles. The van der Waals surface area contributed by atoms with Gasteiger partial charge in [-0.25, -0.2) is 0 Å². The molecular weight excluding hydrogens is 532 g/mol. The molecule has 9 aromatic rings. The first-order chi connectivity index (χ1) is 21.8. The SMILES string of the molecule is c1ccc(-c2cccc(-n3c4ccccc4c4c3ccc3c5ccc(-c6ccccc6)cc5n(-c5ccccc5)c34)c2)cc1. The highest BCUT2D eigenvalue weighted by atomic mass is 15.0. The van der Waals surface area contributed by atoms with Gasteiger partial charge in [-0.3, -0.25) is 0 Å². The van der Waals surface area contributed by atoms with Crippen molar-refractivity contribution < 1.29 is 0 Å². The second-order valence-corrected chi connectivity index (χ2v) is 11.4. The van der Waals surface area contributed by atoms with Crippen molar-refractivity contribution in [2.45, 2.75) is 0 Å². The lowest BCUT2D eigenvalue weighted by Gasteiger charge is -2.11. The smallest absolute Gasteiger partial charge is 0.0641 e. The van der Waals surface area contributed by atoms with Crippen LogP contribution in [0.15, 0.2) is 170 Å². The molecule has 7 aromatic carbocycles. The molecule has 0 amide bonds. The lowest BCUT2D eigenvalue weighted by Crippen LogP contribution is -1.95. The van der Waals surface area contributed by atoms with E-state index in [0.717, 1.165) is 11.4 Å². The number of hydrogen-bond acceptors (Lipinski definition) is 0. The summed E-state index contributed by atoms with van der Waals surface area (Å²) in [6.07, 6.45) is 0. The first kappa shape index (κ1) is 24.7. The summed E-state index contributed by atoms with van der Waals surface area (Å²) >= 11 is 0. The zero-order chi connectivity index (χ0) is 29.0. The fourth-order valence-electron chi connectivity index (χ4n) is 6.95. The second-order valence-electron chi connectivity index (χ2n) is 11.4. The van der Waals surface area contributed by atoms with Gasteiger partial charge in [0.15, 0.2) is 0 Å². The Kier molecular flexibility index (Phi) is 5.54. The summed E-state index contributed by atoms with van der Waals surface area (Å²) in [5.41, 5.74) is 12.0. The summed E-state index contributed by atoms with van der Waals surface area (Å²) in [6.45, 7) is 0. The van der Waals surface area contributed by atoms with E-state index in [1.807, 2.05) is 0 Å². The molecular formula is C42H28N2. The van der Waals surface area contributed by atoms with E-state index in [-0.39, 0.29) is 0 Å². The van der Waals surface area contributed by atoms with Gasteiger partial charge >= 0.3 is 0 Å². The van der Waals surface area contributed by atoms with E-state index in [2.05, 4.69) is 179 Å². The minimum atomic E-state index is 1.16. The Labute approximate surface area is 255 Å². The van der Waals surface area contributed by atoms with Crippen molar-refractivity contribution in [3.63, 3.8) is 0 Å². The summed E-state index contributed by atoms with van der Waals surface area (Å²) in [6, 6.07) is 61.4. The van der Waals surface area contributed by atoms with Gasteiger partial charge < -0.3 is 9.13 Å². The third-order valence-electron chi connectivity index (χ3n) is 8.90. The maximum atomic E-state index is 2.47. The summed E-state index contributed by atoms with van der Waals surface area (Å²) in [5, 5.41) is 5.04. The lowest BCUT2D eigenvalue weighted by molar-refractivity contribution is 1.17. The number of nitrogens with zero attached hydrogens (tertiary/aromatic N) is 2. The van der Waals surface area contributed by atoms with Crippen molar-refractivity contribution in [3.05, 3.63) is 170 Å². The van der Waals surface area contributed by atoms with Gasteiger partial charge in [-0.05, 0) is 64.7 Å².